The molecule has 0 saturated heterocycles. The summed E-state index contributed by atoms with van der Waals surface area (Å²) in [6.45, 7) is 4.57. The van der Waals surface area contributed by atoms with Crippen LogP contribution in [0.1, 0.15) is 39.5 Å². The molecule has 0 aromatic heterocycles. The fourth-order valence-corrected chi connectivity index (χ4v) is 2.13. The van der Waals surface area contributed by atoms with E-state index in [1.165, 1.54) is 25.7 Å². The third-order valence-corrected chi connectivity index (χ3v) is 2.71. The third-order valence-electron chi connectivity index (χ3n) is 2.71. The first kappa shape index (κ1) is 10.0. The van der Waals surface area contributed by atoms with Crippen LogP contribution >= 0.6 is 0 Å². The summed E-state index contributed by atoms with van der Waals surface area (Å²) in [5.41, 5.74) is 0. The van der Waals surface area contributed by atoms with Crippen LogP contribution in [0.4, 0.5) is 0 Å². The van der Waals surface area contributed by atoms with E-state index in [0.717, 1.165) is 5.92 Å². The molecule has 1 aliphatic rings. The van der Waals surface area contributed by atoms with Gasteiger partial charge in [-0.15, -0.1) is 0 Å². The molecule has 1 aliphatic carbocycles. The van der Waals surface area contributed by atoms with Crippen molar-refractivity contribution in [3.8, 4) is 0 Å². The Morgan fingerprint density at radius 2 is 1.92 bits per heavy atom. The lowest BCUT2D eigenvalue weighted by atomic mass is 9.98. The summed E-state index contributed by atoms with van der Waals surface area (Å²) in [7, 11) is 0. The minimum atomic E-state index is 0.294. The minimum Gasteiger partial charge on any atom is -0.395 e. The molecular formula is C10H21NO. The summed E-state index contributed by atoms with van der Waals surface area (Å²) in [5, 5.41) is 12.6. The zero-order chi connectivity index (χ0) is 8.97. The third kappa shape index (κ3) is 2.76. The van der Waals surface area contributed by atoms with Crippen molar-refractivity contribution in [3.05, 3.63) is 0 Å². The Kier molecular flexibility index (Phi) is 4.02. The Labute approximate surface area is 75.4 Å². The second-order valence-corrected chi connectivity index (χ2v) is 4.15. The van der Waals surface area contributed by atoms with Crippen LogP contribution in [0.5, 0.6) is 0 Å². The van der Waals surface area contributed by atoms with Gasteiger partial charge in [-0.1, -0.05) is 26.7 Å². The molecule has 2 nitrogen and oxygen atoms in total. The zero-order valence-corrected chi connectivity index (χ0v) is 8.21. The molecule has 1 rings (SSSR count). The van der Waals surface area contributed by atoms with Crippen molar-refractivity contribution in [1.29, 1.82) is 0 Å². The smallest absolute Gasteiger partial charge is 0.0587 e. The first-order chi connectivity index (χ1) is 5.74. The van der Waals surface area contributed by atoms with Crippen molar-refractivity contribution in [1.82, 2.24) is 5.32 Å². The molecule has 2 heteroatoms. The lowest BCUT2D eigenvalue weighted by Gasteiger charge is -2.24. The predicted octanol–water partition coefficient (Wildman–Crippen LogP) is 1.54. The molecule has 0 spiro atoms. The Balaban J connectivity index is 2.32. The molecule has 0 aromatic rings. The first-order valence-corrected chi connectivity index (χ1v) is 5.11. The summed E-state index contributed by atoms with van der Waals surface area (Å²) in [5.74, 6) is 0.720. The molecule has 0 aliphatic heterocycles. The van der Waals surface area contributed by atoms with Crippen LogP contribution in [-0.2, 0) is 0 Å². The van der Waals surface area contributed by atoms with Crippen LogP contribution in [0.2, 0.25) is 0 Å². The summed E-state index contributed by atoms with van der Waals surface area (Å²) in [6, 6.07) is 0.829. The van der Waals surface area contributed by atoms with Crippen molar-refractivity contribution in [2.75, 3.05) is 6.61 Å². The van der Waals surface area contributed by atoms with Crippen LogP contribution in [0.3, 0.4) is 0 Å². The van der Waals surface area contributed by atoms with E-state index in [1.807, 2.05) is 0 Å². The molecule has 1 unspecified atom stereocenters. The Bertz CT molecular complexity index is 119. The van der Waals surface area contributed by atoms with Crippen molar-refractivity contribution in [2.24, 2.45) is 5.92 Å². The van der Waals surface area contributed by atoms with Gasteiger partial charge in [0.25, 0.3) is 0 Å². The molecule has 2 N–H and O–H groups in total. The van der Waals surface area contributed by atoms with Crippen molar-refractivity contribution >= 4 is 0 Å². The van der Waals surface area contributed by atoms with Crippen LogP contribution in [-0.4, -0.2) is 23.8 Å². The summed E-state index contributed by atoms with van der Waals surface area (Å²) < 4.78 is 0. The standard InChI is InChI=1S/C10H21NO/c1-8(2)11-10(7-12)9-5-3-4-6-9/h8-12H,3-7H2,1-2H3. The van der Waals surface area contributed by atoms with E-state index in [-0.39, 0.29) is 0 Å². The van der Waals surface area contributed by atoms with E-state index < -0.39 is 0 Å². The maximum atomic E-state index is 9.17. The zero-order valence-electron chi connectivity index (χ0n) is 8.21. The number of nitrogens with one attached hydrogen (secondary N) is 1. The van der Waals surface area contributed by atoms with E-state index in [4.69, 9.17) is 0 Å². The van der Waals surface area contributed by atoms with E-state index >= 15 is 0 Å². The summed E-state index contributed by atoms with van der Waals surface area (Å²) >= 11 is 0. The fraction of sp³-hybridized carbons (Fsp3) is 1.00. The number of hydrogen-bond acceptors (Lipinski definition) is 2. The van der Waals surface area contributed by atoms with Crippen LogP contribution in [0, 0.1) is 5.92 Å². The molecule has 1 fully saturated rings. The van der Waals surface area contributed by atoms with Gasteiger partial charge in [0.2, 0.25) is 0 Å². The second kappa shape index (κ2) is 4.83. The van der Waals surface area contributed by atoms with Crippen LogP contribution in [0.15, 0.2) is 0 Å². The SMILES string of the molecule is CC(C)NC(CO)C1CCCC1. The topological polar surface area (TPSA) is 32.3 Å². The van der Waals surface area contributed by atoms with Crippen molar-refractivity contribution < 1.29 is 5.11 Å². The first-order valence-electron chi connectivity index (χ1n) is 5.11. The van der Waals surface area contributed by atoms with Gasteiger partial charge in [0, 0.05) is 12.1 Å². The van der Waals surface area contributed by atoms with E-state index in [0.29, 0.717) is 18.7 Å². The molecule has 12 heavy (non-hydrogen) atoms. The second-order valence-electron chi connectivity index (χ2n) is 4.15. The van der Waals surface area contributed by atoms with Gasteiger partial charge >= 0.3 is 0 Å². The van der Waals surface area contributed by atoms with Crippen LogP contribution in [0.25, 0.3) is 0 Å². The molecule has 0 heterocycles. The monoisotopic (exact) mass is 171 g/mol. The molecular weight excluding hydrogens is 150 g/mol. The van der Waals surface area contributed by atoms with E-state index in [9.17, 15) is 5.11 Å². The Hall–Kier alpha value is -0.0800. The molecule has 1 saturated carbocycles. The van der Waals surface area contributed by atoms with Gasteiger partial charge in [-0.3, -0.25) is 0 Å². The number of aliphatic hydroxyl groups excluding tert-OH is 1. The molecule has 1 atom stereocenters. The van der Waals surface area contributed by atoms with Crippen molar-refractivity contribution in [3.63, 3.8) is 0 Å². The lowest BCUT2D eigenvalue weighted by molar-refractivity contribution is 0.191. The van der Waals surface area contributed by atoms with Gasteiger partial charge in [0.05, 0.1) is 6.61 Å². The van der Waals surface area contributed by atoms with Gasteiger partial charge < -0.3 is 10.4 Å². The van der Waals surface area contributed by atoms with Gasteiger partial charge in [-0.05, 0) is 18.8 Å². The maximum Gasteiger partial charge on any atom is 0.0587 e. The van der Waals surface area contributed by atoms with Gasteiger partial charge in [0.1, 0.15) is 0 Å². The molecule has 0 aromatic carbocycles. The van der Waals surface area contributed by atoms with Gasteiger partial charge in [-0.2, -0.15) is 0 Å². The molecule has 0 radical (unpaired) electrons. The average Bonchev–Trinajstić information content (AvgIpc) is 2.51. The molecule has 0 amide bonds. The van der Waals surface area contributed by atoms with E-state index in [1.54, 1.807) is 0 Å². The summed E-state index contributed by atoms with van der Waals surface area (Å²) in [4.78, 5) is 0. The highest BCUT2D eigenvalue weighted by Crippen LogP contribution is 2.27. The normalized spacial score (nSPS) is 22.0. The highest BCUT2D eigenvalue weighted by Gasteiger charge is 2.24. The largest absolute Gasteiger partial charge is 0.395 e. The van der Waals surface area contributed by atoms with E-state index in [2.05, 4.69) is 19.2 Å². The lowest BCUT2D eigenvalue weighted by Crippen LogP contribution is -2.42. The van der Waals surface area contributed by atoms with Gasteiger partial charge in [-0.25, -0.2) is 0 Å². The number of aliphatic hydroxyl groups is 1. The maximum absolute atomic E-state index is 9.17. The highest BCUT2D eigenvalue weighted by molar-refractivity contribution is 4.80. The van der Waals surface area contributed by atoms with Crippen LogP contribution < -0.4 is 5.32 Å². The highest BCUT2D eigenvalue weighted by atomic mass is 16.3. The number of hydrogen-bond donors (Lipinski definition) is 2. The summed E-state index contributed by atoms with van der Waals surface area (Å²) in [6.07, 6.45) is 5.29. The average molecular weight is 171 g/mol. The Morgan fingerprint density at radius 3 is 2.33 bits per heavy atom. The van der Waals surface area contributed by atoms with Crippen molar-refractivity contribution in [2.45, 2.75) is 51.6 Å². The molecule has 0 bridgehead atoms. The predicted molar refractivity (Wildman–Crippen MR) is 51.1 cm³/mol. The molecule has 72 valence electrons. The quantitative estimate of drug-likeness (QED) is 0.672. The van der Waals surface area contributed by atoms with Gasteiger partial charge in [0.15, 0.2) is 0 Å². The fourth-order valence-electron chi connectivity index (χ4n) is 2.13. The minimum absolute atomic E-state index is 0.294. The Morgan fingerprint density at radius 1 is 1.33 bits per heavy atom. The number of rotatable bonds is 4.